The Hall–Kier alpha value is -3.03. The van der Waals surface area contributed by atoms with Crippen LogP contribution in [0.25, 0.3) is 42.9 Å². The minimum atomic E-state index is 0.740. The van der Waals surface area contributed by atoms with Gasteiger partial charge in [0, 0.05) is 15.6 Å². The fourth-order valence-corrected chi connectivity index (χ4v) is 5.15. The van der Waals surface area contributed by atoms with Gasteiger partial charge in [-0.3, -0.25) is 15.1 Å². The molecule has 0 spiro atoms. The summed E-state index contributed by atoms with van der Waals surface area (Å²) in [4.78, 5) is 8.32. The molecule has 6 nitrogen and oxygen atoms in total. The Kier molecular flexibility index (Phi) is 3.95. The number of fused-ring (bicyclic) bond motifs is 2. The highest BCUT2D eigenvalue weighted by atomic mass is 32.1. The molecule has 0 radical (unpaired) electrons. The van der Waals surface area contributed by atoms with E-state index in [1.165, 1.54) is 27.8 Å². The van der Waals surface area contributed by atoms with Crippen LogP contribution in [0.3, 0.4) is 0 Å². The molecule has 0 unspecified atom stereocenters. The number of aromatic nitrogens is 5. The van der Waals surface area contributed by atoms with Crippen LogP contribution in [0.15, 0.2) is 48.5 Å². The van der Waals surface area contributed by atoms with Gasteiger partial charge < -0.3 is 0 Å². The van der Waals surface area contributed by atoms with E-state index >= 15 is 0 Å². The second-order valence-corrected chi connectivity index (χ2v) is 8.65. The molecule has 1 saturated heterocycles. The monoisotopic (exact) mass is 400 g/mol. The summed E-state index contributed by atoms with van der Waals surface area (Å²) in [5.74, 6) is 1.67. The second-order valence-electron chi connectivity index (χ2n) is 7.57. The summed E-state index contributed by atoms with van der Waals surface area (Å²) >= 11 is 1.77. The van der Waals surface area contributed by atoms with Crippen molar-refractivity contribution in [1.82, 2.24) is 30.3 Å². The Morgan fingerprint density at radius 3 is 2.76 bits per heavy atom. The van der Waals surface area contributed by atoms with Gasteiger partial charge in [0.1, 0.15) is 11.5 Å². The van der Waals surface area contributed by atoms with Crippen LogP contribution in [0.2, 0.25) is 0 Å². The molecule has 6 rings (SSSR count). The van der Waals surface area contributed by atoms with Gasteiger partial charge in [0.2, 0.25) is 0 Å². The zero-order valence-electron chi connectivity index (χ0n) is 15.9. The van der Waals surface area contributed by atoms with Gasteiger partial charge in [-0.25, -0.2) is 4.98 Å². The van der Waals surface area contributed by atoms with E-state index in [2.05, 4.69) is 73.8 Å². The third-order valence-electron chi connectivity index (χ3n) is 5.58. The number of thiophene rings is 1. The van der Waals surface area contributed by atoms with Crippen LogP contribution >= 0.6 is 11.3 Å². The number of nitrogens with one attached hydrogen (secondary N) is 2. The van der Waals surface area contributed by atoms with Crippen molar-refractivity contribution in [3.8, 4) is 22.0 Å². The largest absolute Gasteiger partial charge is 0.296 e. The first-order valence-corrected chi connectivity index (χ1v) is 10.8. The lowest BCUT2D eigenvalue weighted by atomic mass is 10.1. The lowest BCUT2D eigenvalue weighted by molar-refractivity contribution is 0.323. The molecule has 0 amide bonds. The van der Waals surface area contributed by atoms with E-state index in [-0.39, 0.29) is 0 Å². The van der Waals surface area contributed by atoms with Crippen molar-refractivity contribution < 1.29 is 0 Å². The first-order chi connectivity index (χ1) is 14.3. The minimum Gasteiger partial charge on any atom is -0.296 e. The van der Waals surface area contributed by atoms with Crippen molar-refractivity contribution in [2.45, 2.75) is 19.4 Å². The van der Waals surface area contributed by atoms with Gasteiger partial charge in [0.15, 0.2) is 5.82 Å². The summed E-state index contributed by atoms with van der Waals surface area (Å²) in [6.45, 7) is 3.14. The van der Waals surface area contributed by atoms with Gasteiger partial charge in [0.25, 0.3) is 0 Å². The van der Waals surface area contributed by atoms with Crippen LogP contribution in [0.5, 0.6) is 0 Å². The molecule has 2 aromatic carbocycles. The molecule has 7 heteroatoms. The van der Waals surface area contributed by atoms with E-state index in [1.54, 1.807) is 11.3 Å². The summed E-state index contributed by atoms with van der Waals surface area (Å²) in [6.07, 6.45) is 2.55. The summed E-state index contributed by atoms with van der Waals surface area (Å²) in [6, 6.07) is 16.9. The summed E-state index contributed by atoms with van der Waals surface area (Å²) in [7, 11) is 0. The first kappa shape index (κ1) is 16.9. The standard InChI is InChI=1S/C22H20N6S/c1-2-6-18-14(5-1)12-19(29-18)21-16-11-15(7-8-17(16)24-26-21)22-23-20(25-27-22)13-28-9-3-4-10-28/h1-2,5-8,11-12H,3-4,9-10,13H2,(H,24,26)(H,23,25,27). The Labute approximate surface area is 171 Å². The average Bonchev–Trinajstić information content (AvgIpc) is 3.53. The van der Waals surface area contributed by atoms with Crippen LogP contribution in [0.1, 0.15) is 18.7 Å². The molecule has 1 aliphatic rings. The summed E-state index contributed by atoms with van der Waals surface area (Å²) in [5, 5.41) is 17.7. The molecule has 1 aliphatic heterocycles. The number of aromatic amines is 2. The van der Waals surface area contributed by atoms with Gasteiger partial charge in [-0.15, -0.1) is 11.3 Å². The maximum Gasteiger partial charge on any atom is 0.181 e. The van der Waals surface area contributed by atoms with Crippen molar-refractivity contribution in [2.24, 2.45) is 0 Å². The van der Waals surface area contributed by atoms with Crippen LogP contribution in [0, 0.1) is 0 Å². The highest BCUT2D eigenvalue weighted by Crippen LogP contribution is 2.36. The molecule has 2 N–H and O–H groups in total. The summed E-state index contributed by atoms with van der Waals surface area (Å²) < 4.78 is 1.27. The molecule has 5 aromatic rings. The van der Waals surface area contributed by atoms with Crippen molar-refractivity contribution >= 4 is 32.3 Å². The van der Waals surface area contributed by atoms with Crippen molar-refractivity contribution in [3.63, 3.8) is 0 Å². The molecule has 0 saturated carbocycles. The highest BCUT2D eigenvalue weighted by molar-refractivity contribution is 7.22. The van der Waals surface area contributed by atoms with E-state index in [9.17, 15) is 0 Å². The maximum absolute atomic E-state index is 4.74. The van der Waals surface area contributed by atoms with E-state index in [1.807, 2.05) is 0 Å². The van der Waals surface area contributed by atoms with Crippen LogP contribution in [-0.4, -0.2) is 43.4 Å². The number of rotatable bonds is 4. The lowest BCUT2D eigenvalue weighted by Crippen LogP contribution is -2.19. The number of nitrogens with zero attached hydrogens (tertiary/aromatic N) is 4. The topological polar surface area (TPSA) is 73.5 Å². The zero-order valence-corrected chi connectivity index (χ0v) is 16.7. The van der Waals surface area contributed by atoms with E-state index in [0.717, 1.165) is 53.4 Å². The highest BCUT2D eigenvalue weighted by Gasteiger charge is 2.16. The van der Waals surface area contributed by atoms with Gasteiger partial charge >= 0.3 is 0 Å². The van der Waals surface area contributed by atoms with Crippen LogP contribution in [-0.2, 0) is 6.54 Å². The van der Waals surface area contributed by atoms with E-state index in [0.29, 0.717) is 0 Å². The molecule has 0 atom stereocenters. The van der Waals surface area contributed by atoms with Crippen molar-refractivity contribution in [1.29, 1.82) is 0 Å². The molecular formula is C22H20N6S. The van der Waals surface area contributed by atoms with Crippen LogP contribution < -0.4 is 0 Å². The predicted molar refractivity (Wildman–Crippen MR) is 117 cm³/mol. The number of H-pyrrole nitrogens is 2. The first-order valence-electron chi connectivity index (χ1n) is 9.94. The van der Waals surface area contributed by atoms with Crippen molar-refractivity contribution in [3.05, 3.63) is 54.4 Å². The third kappa shape index (κ3) is 3.03. The Morgan fingerprint density at radius 1 is 0.966 bits per heavy atom. The lowest BCUT2D eigenvalue weighted by Gasteiger charge is -2.11. The molecular weight excluding hydrogens is 380 g/mol. The number of benzene rings is 2. The molecule has 1 fully saturated rings. The molecule has 144 valence electrons. The van der Waals surface area contributed by atoms with Gasteiger partial charge in [-0.1, -0.05) is 18.2 Å². The Balaban J connectivity index is 1.37. The number of likely N-dealkylation sites (tertiary alicyclic amines) is 1. The van der Waals surface area contributed by atoms with Gasteiger partial charge in [-0.05, 0) is 61.6 Å². The minimum absolute atomic E-state index is 0.740. The Bertz CT molecular complexity index is 1270. The maximum atomic E-state index is 4.74. The predicted octanol–water partition coefficient (Wildman–Crippen LogP) is 4.83. The molecule has 0 bridgehead atoms. The quantitative estimate of drug-likeness (QED) is 0.453. The molecule has 29 heavy (non-hydrogen) atoms. The normalized spacial score (nSPS) is 15.0. The fraction of sp³-hybridized carbons (Fsp3) is 0.227. The molecule has 0 aliphatic carbocycles. The fourth-order valence-electron chi connectivity index (χ4n) is 4.09. The zero-order chi connectivity index (χ0) is 19.2. The smallest absolute Gasteiger partial charge is 0.181 e. The van der Waals surface area contributed by atoms with Crippen LogP contribution in [0.4, 0.5) is 0 Å². The number of hydrogen-bond donors (Lipinski definition) is 2. The molecule has 3 aromatic heterocycles. The third-order valence-corrected chi connectivity index (χ3v) is 6.71. The van der Waals surface area contributed by atoms with Gasteiger partial charge in [0.05, 0.1) is 16.9 Å². The van der Waals surface area contributed by atoms with E-state index < -0.39 is 0 Å². The average molecular weight is 401 g/mol. The Morgan fingerprint density at radius 2 is 1.86 bits per heavy atom. The second kappa shape index (κ2) is 6.79. The number of hydrogen-bond acceptors (Lipinski definition) is 5. The molecule has 4 heterocycles. The van der Waals surface area contributed by atoms with Crippen molar-refractivity contribution in [2.75, 3.05) is 13.1 Å². The van der Waals surface area contributed by atoms with E-state index in [4.69, 9.17) is 4.98 Å². The van der Waals surface area contributed by atoms with Gasteiger partial charge in [-0.2, -0.15) is 10.2 Å². The SMILES string of the molecule is c1ccc2sc(-c3n[nH]c4ccc(-c5n[nH]c(CN6CCCC6)n5)cc34)cc2c1. The summed E-state index contributed by atoms with van der Waals surface area (Å²) in [5.41, 5.74) is 3.01.